The largest absolute Gasteiger partial charge is 0.529 e. The van der Waals surface area contributed by atoms with E-state index in [1.807, 2.05) is 0 Å². The van der Waals surface area contributed by atoms with E-state index in [1.54, 1.807) is 0 Å². The maximum Gasteiger partial charge on any atom is 0.529 e. The molecule has 1 heterocycles. The van der Waals surface area contributed by atoms with Gasteiger partial charge < -0.3 is 8.60 Å². The van der Waals surface area contributed by atoms with Gasteiger partial charge in [-0.2, -0.15) is 43.7 Å². The highest BCUT2D eigenvalue weighted by molar-refractivity contribution is 7.88. The fourth-order valence-corrected chi connectivity index (χ4v) is 3.76. The predicted molar refractivity (Wildman–Crippen MR) is 90.3 cm³/mol. The maximum absolute atomic E-state index is 14.0. The number of hydrogen-bond acceptors (Lipinski definition) is 3. The van der Waals surface area contributed by atoms with Crippen LogP contribution in [-0.4, -0.2) is 31.7 Å². The quantitative estimate of drug-likeness (QED) is 0.227. The van der Waals surface area contributed by atoms with Crippen molar-refractivity contribution in [3.05, 3.63) is 41.4 Å². The van der Waals surface area contributed by atoms with Gasteiger partial charge >= 0.3 is 33.4 Å². The number of furan rings is 1. The average Bonchev–Trinajstić information content (AvgIpc) is 3.00. The van der Waals surface area contributed by atoms with Crippen molar-refractivity contribution in [1.29, 1.82) is 0 Å². The lowest BCUT2D eigenvalue weighted by Crippen LogP contribution is -2.63. The molecule has 1 unspecified atom stereocenters. The van der Waals surface area contributed by atoms with E-state index in [0.717, 1.165) is 6.07 Å². The van der Waals surface area contributed by atoms with Gasteiger partial charge in [0.1, 0.15) is 11.2 Å². The summed E-state index contributed by atoms with van der Waals surface area (Å²) in [4.78, 5) is 0. The van der Waals surface area contributed by atoms with Crippen molar-refractivity contribution in [3.8, 4) is 5.75 Å². The Balaban J connectivity index is 2.16. The monoisotopic (exact) mass is 501 g/mol. The van der Waals surface area contributed by atoms with Gasteiger partial charge in [0.25, 0.3) is 0 Å². The summed E-state index contributed by atoms with van der Waals surface area (Å²) in [5.74, 6) is -15.8. The van der Waals surface area contributed by atoms with E-state index in [0.29, 0.717) is 6.07 Å². The van der Waals surface area contributed by atoms with E-state index in [9.17, 15) is 47.9 Å². The molecule has 0 saturated heterocycles. The second kappa shape index (κ2) is 6.82. The molecule has 0 saturated carbocycles. The van der Waals surface area contributed by atoms with E-state index in [4.69, 9.17) is 16.0 Å². The highest BCUT2D eigenvalue weighted by Gasteiger charge is 2.88. The normalized spacial score (nSPS) is 15.9. The number of hydrogen-bond donors (Lipinski definition) is 0. The molecule has 3 rings (SSSR count). The summed E-state index contributed by atoms with van der Waals surface area (Å²) < 4.78 is 149. The third kappa shape index (κ3) is 3.26. The standard InChI is InChI=1S/C16H6ClF9O4S/c17-7-3-1-4-8-11(7)12-9(29-8)5-2-6-10(12)30-31(27,28)16(25,26)14(20,21)13(18,19)15(22,23)24/h1-6H/p+1. The van der Waals surface area contributed by atoms with Gasteiger partial charge in [-0.15, -0.1) is 4.21 Å². The molecule has 15 heteroatoms. The first-order valence-corrected chi connectivity index (χ1v) is 9.53. The van der Waals surface area contributed by atoms with Crippen LogP contribution in [0.3, 0.4) is 0 Å². The van der Waals surface area contributed by atoms with Gasteiger partial charge in [-0.05, 0) is 24.3 Å². The van der Waals surface area contributed by atoms with Crippen molar-refractivity contribution in [2.24, 2.45) is 0 Å². The summed E-state index contributed by atoms with van der Waals surface area (Å²) in [7, 11) is -6.86. The molecule has 0 fully saturated rings. The van der Waals surface area contributed by atoms with Crippen LogP contribution in [0.15, 0.2) is 40.8 Å². The van der Waals surface area contributed by atoms with Crippen LogP contribution in [0.2, 0.25) is 5.02 Å². The van der Waals surface area contributed by atoms with Gasteiger partial charge in [0.2, 0.25) is 0 Å². The fourth-order valence-electron chi connectivity index (χ4n) is 2.56. The van der Waals surface area contributed by atoms with Crippen LogP contribution in [-0.2, 0) is 10.1 Å². The van der Waals surface area contributed by atoms with E-state index < -0.39 is 39.1 Å². The molecule has 0 aliphatic heterocycles. The number of alkyl halides is 9. The second-order valence-corrected chi connectivity index (χ2v) is 8.10. The molecule has 0 bridgehead atoms. The van der Waals surface area contributed by atoms with Crippen LogP contribution in [0.4, 0.5) is 39.5 Å². The van der Waals surface area contributed by atoms with Crippen LogP contribution in [0.25, 0.3) is 21.9 Å². The Bertz CT molecular complexity index is 1270. The average molecular weight is 502 g/mol. The van der Waals surface area contributed by atoms with Crippen molar-refractivity contribution in [1.82, 2.24) is 0 Å². The number of halogens is 10. The summed E-state index contributed by atoms with van der Waals surface area (Å²) in [5, 5.41) is -7.45. The van der Waals surface area contributed by atoms with Gasteiger partial charge in [0.15, 0.2) is 5.75 Å². The molecule has 0 radical (unpaired) electrons. The van der Waals surface area contributed by atoms with Crippen molar-refractivity contribution in [2.75, 3.05) is 0 Å². The van der Waals surface area contributed by atoms with Gasteiger partial charge in [0.05, 0.1) is 15.8 Å². The topological polar surface area (TPSA) is 60.8 Å². The molecule has 0 aliphatic rings. The van der Waals surface area contributed by atoms with Crippen LogP contribution < -0.4 is 4.18 Å². The summed E-state index contributed by atoms with van der Waals surface area (Å²) in [6, 6.07) is 6.89. The zero-order valence-corrected chi connectivity index (χ0v) is 15.9. The molecular formula is C16H7ClF9O4S+. The fraction of sp³-hybridized carbons (Fsp3) is 0.250. The number of rotatable bonds is 5. The van der Waals surface area contributed by atoms with Crippen LogP contribution in [0.5, 0.6) is 5.75 Å². The van der Waals surface area contributed by atoms with Gasteiger partial charge in [-0.25, -0.2) is 0 Å². The molecule has 2 aromatic carbocycles. The van der Waals surface area contributed by atoms with Crippen LogP contribution in [0, 0.1) is 0 Å². The Kier molecular flexibility index (Phi) is 5.13. The van der Waals surface area contributed by atoms with Crippen molar-refractivity contribution in [3.63, 3.8) is 0 Å². The van der Waals surface area contributed by atoms with Gasteiger partial charge in [-0.1, -0.05) is 23.7 Å². The highest BCUT2D eigenvalue weighted by Crippen LogP contribution is 2.55. The molecule has 31 heavy (non-hydrogen) atoms. The SMILES string of the molecule is O=S(=[OH+])(Oc1cccc2oc3cccc(Cl)c3c12)C(F)(F)C(F)(F)C(F)(F)C(F)(F)F. The van der Waals surface area contributed by atoms with E-state index in [-0.39, 0.29) is 27.0 Å². The highest BCUT2D eigenvalue weighted by atomic mass is 35.5. The Morgan fingerprint density at radius 2 is 1.35 bits per heavy atom. The van der Waals surface area contributed by atoms with Crippen molar-refractivity contribution in [2.45, 2.75) is 23.3 Å². The zero-order valence-electron chi connectivity index (χ0n) is 14.3. The summed E-state index contributed by atoms with van der Waals surface area (Å²) in [5.41, 5.74) is -0.199. The first kappa shape index (κ1) is 23.3. The molecule has 170 valence electrons. The van der Waals surface area contributed by atoms with Crippen LogP contribution in [0.1, 0.15) is 0 Å². The summed E-state index contributed by atoms with van der Waals surface area (Å²) in [6.07, 6.45) is -7.16. The Hall–Kier alpha value is -2.35. The molecule has 0 aliphatic carbocycles. The summed E-state index contributed by atoms with van der Waals surface area (Å²) >= 11 is 5.95. The summed E-state index contributed by atoms with van der Waals surface area (Å²) in [6.45, 7) is 0. The molecule has 1 aromatic heterocycles. The predicted octanol–water partition coefficient (Wildman–Crippen LogP) is 6.53. The lowest BCUT2D eigenvalue weighted by atomic mass is 10.1. The third-order valence-electron chi connectivity index (χ3n) is 4.08. The maximum atomic E-state index is 14.0. The Labute approximate surface area is 171 Å². The Morgan fingerprint density at radius 1 is 0.839 bits per heavy atom. The van der Waals surface area contributed by atoms with Crippen molar-refractivity contribution >= 4 is 43.7 Å². The molecule has 1 atom stereocenters. The van der Waals surface area contributed by atoms with E-state index >= 15 is 0 Å². The van der Waals surface area contributed by atoms with Crippen LogP contribution >= 0.6 is 11.6 Å². The number of fused-ring (bicyclic) bond motifs is 3. The minimum Gasteiger partial charge on any atom is -0.456 e. The lowest BCUT2D eigenvalue weighted by Gasteiger charge is -2.30. The molecule has 4 nitrogen and oxygen atoms in total. The lowest BCUT2D eigenvalue weighted by molar-refractivity contribution is -0.382. The first-order chi connectivity index (χ1) is 14.0. The molecule has 3 aromatic rings. The Morgan fingerprint density at radius 3 is 1.90 bits per heavy atom. The van der Waals surface area contributed by atoms with E-state index in [2.05, 4.69) is 4.18 Å². The smallest absolute Gasteiger partial charge is 0.456 e. The number of benzene rings is 2. The van der Waals surface area contributed by atoms with Gasteiger partial charge in [-0.3, -0.25) is 0 Å². The molecular weight excluding hydrogens is 495 g/mol. The zero-order chi connectivity index (χ0) is 23.6. The van der Waals surface area contributed by atoms with Crippen molar-refractivity contribution < 1.29 is 56.5 Å². The van der Waals surface area contributed by atoms with Gasteiger partial charge in [0, 0.05) is 0 Å². The minimum atomic E-state index is -7.37. The first-order valence-electron chi connectivity index (χ1n) is 7.71. The molecule has 0 spiro atoms. The minimum absolute atomic E-state index is 0.00341. The third-order valence-corrected chi connectivity index (χ3v) is 5.70. The van der Waals surface area contributed by atoms with E-state index in [1.165, 1.54) is 24.3 Å². The molecule has 0 amide bonds. The second-order valence-electron chi connectivity index (χ2n) is 6.07. The molecule has 1 N–H and O–H groups in total.